The second kappa shape index (κ2) is 5.64. The van der Waals surface area contributed by atoms with Crippen LogP contribution in [0.4, 0.5) is 0 Å². The molecule has 2 rings (SSSR count). The van der Waals surface area contributed by atoms with Gasteiger partial charge in [-0.05, 0) is 42.7 Å². The topological polar surface area (TPSA) is 35.2 Å². The molecule has 0 saturated carbocycles. The normalized spacial score (nSPS) is 13.9. The fraction of sp³-hybridized carbons (Fsp3) is 0.250. The Labute approximate surface area is 119 Å². The summed E-state index contributed by atoms with van der Waals surface area (Å²) in [6, 6.07) is 15.7. The van der Waals surface area contributed by atoms with E-state index >= 15 is 0 Å². The Morgan fingerprint density at radius 2 is 1.89 bits per heavy atom. The van der Waals surface area contributed by atoms with Gasteiger partial charge in [-0.2, -0.15) is 0 Å². The monoisotopic (exact) mass is 275 g/mol. The van der Waals surface area contributed by atoms with Crippen LogP contribution >= 0.6 is 11.6 Å². The molecule has 2 aromatic rings. The quantitative estimate of drug-likeness (QED) is 0.922. The fourth-order valence-electron chi connectivity index (χ4n) is 2.23. The molecule has 0 saturated heterocycles. The first-order valence-electron chi connectivity index (χ1n) is 6.20. The molecule has 0 aliphatic rings. The largest absolute Gasteiger partial charge is 0.497 e. The first-order valence-corrected chi connectivity index (χ1v) is 6.57. The molecule has 1 atom stereocenters. The van der Waals surface area contributed by atoms with E-state index in [9.17, 15) is 0 Å². The molecule has 0 fully saturated rings. The first kappa shape index (κ1) is 13.9. The van der Waals surface area contributed by atoms with Crippen molar-refractivity contribution in [2.75, 3.05) is 7.11 Å². The van der Waals surface area contributed by atoms with Crippen LogP contribution in [0.1, 0.15) is 18.1 Å². The SMILES string of the molecule is COc1cccc(CC(C)(N)c2ccccc2Cl)c1. The van der Waals surface area contributed by atoms with Crippen LogP contribution < -0.4 is 10.5 Å². The summed E-state index contributed by atoms with van der Waals surface area (Å²) in [5.41, 5.74) is 8.01. The lowest BCUT2D eigenvalue weighted by Gasteiger charge is -2.26. The van der Waals surface area contributed by atoms with Crippen LogP contribution in [0.3, 0.4) is 0 Å². The Morgan fingerprint density at radius 1 is 1.16 bits per heavy atom. The number of halogens is 1. The molecule has 2 nitrogen and oxygen atoms in total. The van der Waals surface area contributed by atoms with E-state index in [1.807, 2.05) is 55.5 Å². The average Bonchev–Trinajstić information content (AvgIpc) is 2.38. The molecule has 19 heavy (non-hydrogen) atoms. The van der Waals surface area contributed by atoms with Gasteiger partial charge in [0.15, 0.2) is 0 Å². The standard InChI is InChI=1S/C16H18ClNO/c1-16(18,14-8-3-4-9-15(14)17)11-12-6-5-7-13(10-12)19-2/h3-10H,11,18H2,1-2H3. The van der Waals surface area contributed by atoms with Crippen molar-refractivity contribution in [3.05, 3.63) is 64.7 Å². The Balaban J connectivity index is 2.28. The molecule has 0 aliphatic carbocycles. The molecule has 0 amide bonds. The highest BCUT2D eigenvalue weighted by Gasteiger charge is 2.24. The number of methoxy groups -OCH3 is 1. The van der Waals surface area contributed by atoms with Gasteiger partial charge in [0.25, 0.3) is 0 Å². The second-order valence-corrected chi connectivity index (χ2v) is 5.33. The zero-order valence-corrected chi connectivity index (χ0v) is 11.9. The zero-order chi connectivity index (χ0) is 13.9. The summed E-state index contributed by atoms with van der Waals surface area (Å²) in [7, 11) is 1.66. The van der Waals surface area contributed by atoms with Crippen LogP contribution in [0.5, 0.6) is 5.75 Å². The lowest BCUT2D eigenvalue weighted by molar-refractivity contribution is 0.413. The van der Waals surface area contributed by atoms with Gasteiger partial charge in [0, 0.05) is 10.6 Å². The van der Waals surface area contributed by atoms with Crippen molar-refractivity contribution in [3.8, 4) is 5.75 Å². The molecule has 0 aromatic heterocycles. The highest BCUT2D eigenvalue weighted by atomic mass is 35.5. The molecular formula is C16H18ClNO. The molecule has 0 aliphatic heterocycles. The maximum Gasteiger partial charge on any atom is 0.119 e. The van der Waals surface area contributed by atoms with Crippen molar-refractivity contribution in [1.82, 2.24) is 0 Å². The van der Waals surface area contributed by atoms with E-state index in [1.165, 1.54) is 0 Å². The van der Waals surface area contributed by atoms with Gasteiger partial charge in [-0.25, -0.2) is 0 Å². The van der Waals surface area contributed by atoms with Gasteiger partial charge in [0.2, 0.25) is 0 Å². The molecule has 2 aromatic carbocycles. The second-order valence-electron chi connectivity index (χ2n) is 4.93. The van der Waals surface area contributed by atoms with Crippen LogP contribution in [0.25, 0.3) is 0 Å². The van der Waals surface area contributed by atoms with Gasteiger partial charge in [-0.15, -0.1) is 0 Å². The Kier molecular flexibility index (Phi) is 4.13. The number of hydrogen-bond donors (Lipinski definition) is 1. The molecule has 3 heteroatoms. The summed E-state index contributed by atoms with van der Waals surface area (Å²) in [6.45, 7) is 1.99. The highest BCUT2D eigenvalue weighted by Crippen LogP contribution is 2.29. The molecule has 2 N–H and O–H groups in total. The molecule has 100 valence electrons. The smallest absolute Gasteiger partial charge is 0.119 e. The lowest BCUT2D eigenvalue weighted by Crippen LogP contribution is -2.35. The van der Waals surface area contributed by atoms with E-state index in [0.29, 0.717) is 11.4 Å². The van der Waals surface area contributed by atoms with Gasteiger partial charge >= 0.3 is 0 Å². The maximum atomic E-state index is 6.44. The summed E-state index contributed by atoms with van der Waals surface area (Å²) >= 11 is 6.23. The molecule has 0 bridgehead atoms. The summed E-state index contributed by atoms with van der Waals surface area (Å²) in [6.07, 6.45) is 0.702. The average molecular weight is 276 g/mol. The first-order chi connectivity index (χ1) is 9.03. The summed E-state index contributed by atoms with van der Waals surface area (Å²) < 4.78 is 5.23. The predicted octanol–water partition coefficient (Wildman–Crippen LogP) is 3.77. The third-order valence-corrected chi connectivity index (χ3v) is 3.52. The Hall–Kier alpha value is -1.51. The number of nitrogens with two attached hydrogens (primary N) is 1. The fourth-order valence-corrected chi connectivity index (χ4v) is 2.58. The minimum Gasteiger partial charge on any atom is -0.497 e. The van der Waals surface area contributed by atoms with E-state index in [2.05, 4.69) is 0 Å². The van der Waals surface area contributed by atoms with Crippen molar-refractivity contribution in [2.45, 2.75) is 18.9 Å². The molecular weight excluding hydrogens is 258 g/mol. The minimum absolute atomic E-state index is 0.509. The Morgan fingerprint density at radius 3 is 2.58 bits per heavy atom. The van der Waals surface area contributed by atoms with Gasteiger partial charge in [0.05, 0.1) is 7.11 Å². The van der Waals surface area contributed by atoms with Crippen LogP contribution in [0.2, 0.25) is 5.02 Å². The van der Waals surface area contributed by atoms with Crippen LogP contribution in [0.15, 0.2) is 48.5 Å². The zero-order valence-electron chi connectivity index (χ0n) is 11.2. The van der Waals surface area contributed by atoms with E-state index < -0.39 is 5.54 Å². The van der Waals surface area contributed by atoms with E-state index in [0.717, 1.165) is 16.9 Å². The summed E-state index contributed by atoms with van der Waals surface area (Å²) in [5.74, 6) is 0.840. The van der Waals surface area contributed by atoms with Gasteiger partial charge in [0.1, 0.15) is 5.75 Å². The van der Waals surface area contributed by atoms with Crippen LogP contribution in [0, 0.1) is 0 Å². The van der Waals surface area contributed by atoms with Crippen molar-refractivity contribution >= 4 is 11.6 Å². The van der Waals surface area contributed by atoms with Crippen LogP contribution in [-0.2, 0) is 12.0 Å². The number of ether oxygens (including phenoxy) is 1. The third-order valence-electron chi connectivity index (χ3n) is 3.19. The number of hydrogen-bond acceptors (Lipinski definition) is 2. The Bertz CT molecular complexity index is 566. The van der Waals surface area contributed by atoms with Crippen molar-refractivity contribution in [1.29, 1.82) is 0 Å². The minimum atomic E-state index is -0.509. The van der Waals surface area contributed by atoms with Gasteiger partial charge in [-0.3, -0.25) is 0 Å². The van der Waals surface area contributed by atoms with Gasteiger partial charge in [-0.1, -0.05) is 41.9 Å². The van der Waals surface area contributed by atoms with Crippen LogP contribution in [-0.4, -0.2) is 7.11 Å². The highest BCUT2D eigenvalue weighted by molar-refractivity contribution is 6.31. The van der Waals surface area contributed by atoms with Crippen molar-refractivity contribution in [2.24, 2.45) is 5.73 Å². The predicted molar refractivity (Wildman–Crippen MR) is 79.7 cm³/mol. The summed E-state index contributed by atoms with van der Waals surface area (Å²) in [4.78, 5) is 0. The van der Waals surface area contributed by atoms with E-state index in [1.54, 1.807) is 7.11 Å². The van der Waals surface area contributed by atoms with Crippen molar-refractivity contribution in [3.63, 3.8) is 0 Å². The van der Waals surface area contributed by atoms with E-state index in [4.69, 9.17) is 22.1 Å². The maximum absolute atomic E-state index is 6.44. The molecule has 0 radical (unpaired) electrons. The number of benzene rings is 2. The van der Waals surface area contributed by atoms with Gasteiger partial charge < -0.3 is 10.5 Å². The molecule has 0 heterocycles. The van der Waals surface area contributed by atoms with E-state index in [-0.39, 0.29) is 0 Å². The number of rotatable bonds is 4. The third kappa shape index (κ3) is 3.28. The molecule has 0 spiro atoms. The lowest BCUT2D eigenvalue weighted by atomic mass is 9.86. The van der Waals surface area contributed by atoms with Crippen molar-refractivity contribution < 1.29 is 4.74 Å². The molecule has 1 unspecified atom stereocenters. The summed E-state index contributed by atoms with van der Waals surface area (Å²) in [5, 5.41) is 0.704.